The van der Waals surface area contributed by atoms with E-state index in [2.05, 4.69) is 44.0 Å². The SMILES string of the molecule is c1nc2ccc3c(N4CCCCC4)nc(N4CCCCC4)c4ccc(n1)c2c34. The molecule has 0 bridgehead atoms. The molecule has 5 heteroatoms. The number of benzene rings is 2. The second-order valence-corrected chi connectivity index (χ2v) is 8.24. The molecule has 2 aromatic heterocycles. The standard InChI is InChI=1S/C23H25N5/c1-3-11-27(12-4-1)22-16-7-9-18-21-19(25-15-24-18)10-8-17(20(16)21)23(26-22)28-13-5-2-6-14-28/h7-10,15H,1-6,11-14H2. The summed E-state index contributed by atoms with van der Waals surface area (Å²) in [4.78, 5) is 19.4. The summed E-state index contributed by atoms with van der Waals surface area (Å²) in [7, 11) is 0. The Morgan fingerprint density at radius 3 is 1.57 bits per heavy atom. The maximum Gasteiger partial charge on any atom is 0.138 e. The van der Waals surface area contributed by atoms with Crippen molar-refractivity contribution >= 4 is 44.2 Å². The normalized spacial score (nSPS) is 18.6. The average molecular weight is 371 g/mol. The molecule has 0 spiro atoms. The van der Waals surface area contributed by atoms with Gasteiger partial charge in [-0.2, -0.15) is 0 Å². The van der Waals surface area contributed by atoms with Gasteiger partial charge in [0.1, 0.15) is 18.0 Å². The molecule has 0 aliphatic carbocycles. The molecule has 0 radical (unpaired) electrons. The van der Waals surface area contributed by atoms with Crippen molar-refractivity contribution in [1.29, 1.82) is 0 Å². The molecule has 0 unspecified atom stereocenters. The van der Waals surface area contributed by atoms with E-state index in [1.165, 1.54) is 60.1 Å². The van der Waals surface area contributed by atoms with Gasteiger partial charge in [0.15, 0.2) is 0 Å². The number of hydrogen-bond acceptors (Lipinski definition) is 5. The first-order chi connectivity index (χ1) is 13.9. The Hall–Kier alpha value is -2.69. The van der Waals surface area contributed by atoms with Crippen LogP contribution in [0.2, 0.25) is 0 Å². The fourth-order valence-corrected chi connectivity index (χ4v) is 5.12. The van der Waals surface area contributed by atoms with Gasteiger partial charge >= 0.3 is 0 Å². The first kappa shape index (κ1) is 16.3. The van der Waals surface area contributed by atoms with Crippen molar-refractivity contribution in [1.82, 2.24) is 15.0 Å². The molecule has 2 aliphatic rings. The highest BCUT2D eigenvalue weighted by atomic mass is 15.2. The van der Waals surface area contributed by atoms with Crippen LogP contribution in [-0.2, 0) is 0 Å². The number of anilines is 2. The smallest absolute Gasteiger partial charge is 0.138 e. The van der Waals surface area contributed by atoms with Crippen molar-refractivity contribution in [2.75, 3.05) is 36.0 Å². The van der Waals surface area contributed by atoms with Gasteiger partial charge in [-0.05, 0) is 62.8 Å². The number of aromatic nitrogens is 3. The van der Waals surface area contributed by atoms with E-state index in [-0.39, 0.29) is 0 Å². The molecule has 0 N–H and O–H groups in total. The minimum absolute atomic E-state index is 1.03. The Balaban J connectivity index is 1.69. The second kappa shape index (κ2) is 6.43. The summed E-state index contributed by atoms with van der Waals surface area (Å²) in [6.45, 7) is 4.42. The molecule has 0 saturated carbocycles. The number of rotatable bonds is 2. The van der Waals surface area contributed by atoms with Crippen molar-refractivity contribution < 1.29 is 0 Å². The number of pyridine rings is 1. The van der Waals surface area contributed by atoms with Crippen LogP contribution in [-0.4, -0.2) is 41.1 Å². The predicted octanol–water partition coefficient (Wildman–Crippen LogP) is 4.75. The van der Waals surface area contributed by atoms with E-state index in [4.69, 9.17) is 4.98 Å². The zero-order chi connectivity index (χ0) is 18.5. The summed E-state index contributed by atoms with van der Waals surface area (Å²) >= 11 is 0. The molecule has 5 nitrogen and oxygen atoms in total. The molecule has 4 aromatic rings. The second-order valence-electron chi connectivity index (χ2n) is 8.24. The molecule has 0 atom stereocenters. The van der Waals surface area contributed by atoms with Gasteiger partial charge in [-0.15, -0.1) is 0 Å². The summed E-state index contributed by atoms with van der Waals surface area (Å²) < 4.78 is 0. The third-order valence-electron chi connectivity index (χ3n) is 6.52. The van der Waals surface area contributed by atoms with Crippen molar-refractivity contribution in [3.8, 4) is 0 Å². The molecular weight excluding hydrogens is 346 g/mol. The lowest BCUT2D eigenvalue weighted by molar-refractivity contribution is 0.567. The Bertz CT molecular complexity index is 1060. The Labute approximate surface area is 164 Å². The first-order valence-electron chi connectivity index (χ1n) is 10.7. The van der Waals surface area contributed by atoms with E-state index in [1.54, 1.807) is 6.33 Å². The number of piperidine rings is 2. The van der Waals surface area contributed by atoms with Crippen LogP contribution in [0.5, 0.6) is 0 Å². The summed E-state index contributed by atoms with van der Waals surface area (Å²) in [6, 6.07) is 8.74. The summed E-state index contributed by atoms with van der Waals surface area (Å²) in [5.41, 5.74) is 2.06. The zero-order valence-corrected chi connectivity index (χ0v) is 16.2. The molecule has 28 heavy (non-hydrogen) atoms. The lowest BCUT2D eigenvalue weighted by atomic mass is 9.98. The molecule has 0 amide bonds. The highest BCUT2D eigenvalue weighted by molar-refractivity contribution is 6.25. The van der Waals surface area contributed by atoms with Crippen LogP contribution in [0.3, 0.4) is 0 Å². The molecule has 142 valence electrons. The van der Waals surface area contributed by atoms with Gasteiger partial charge in [0, 0.05) is 47.7 Å². The molecule has 2 saturated heterocycles. The fraction of sp³-hybridized carbons (Fsp3) is 0.435. The molecule has 2 fully saturated rings. The quantitative estimate of drug-likeness (QED) is 0.476. The highest BCUT2D eigenvalue weighted by Crippen LogP contribution is 2.41. The van der Waals surface area contributed by atoms with Crippen LogP contribution in [0.25, 0.3) is 32.6 Å². The van der Waals surface area contributed by atoms with E-state index < -0.39 is 0 Å². The minimum Gasteiger partial charge on any atom is -0.356 e. The third-order valence-corrected chi connectivity index (χ3v) is 6.52. The van der Waals surface area contributed by atoms with E-state index in [9.17, 15) is 0 Å². The Morgan fingerprint density at radius 1 is 0.571 bits per heavy atom. The lowest BCUT2D eigenvalue weighted by Gasteiger charge is -2.33. The number of nitrogens with zero attached hydrogens (tertiary/aromatic N) is 5. The fourth-order valence-electron chi connectivity index (χ4n) is 5.12. The number of hydrogen-bond donors (Lipinski definition) is 0. The maximum absolute atomic E-state index is 5.31. The molecule has 2 aromatic carbocycles. The van der Waals surface area contributed by atoms with E-state index in [1.807, 2.05) is 0 Å². The summed E-state index contributed by atoms with van der Waals surface area (Å²) in [6.07, 6.45) is 9.36. The first-order valence-corrected chi connectivity index (χ1v) is 10.7. The van der Waals surface area contributed by atoms with Gasteiger partial charge < -0.3 is 9.80 Å². The minimum atomic E-state index is 1.03. The lowest BCUT2D eigenvalue weighted by Crippen LogP contribution is -2.33. The van der Waals surface area contributed by atoms with Gasteiger partial charge in [0.05, 0.1) is 11.0 Å². The van der Waals surface area contributed by atoms with Crippen molar-refractivity contribution in [3.05, 3.63) is 30.6 Å². The summed E-state index contributed by atoms with van der Waals surface area (Å²) in [5.74, 6) is 2.32. The summed E-state index contributed by atoms with van der Waals surface area (Å²) in [5, 5.41) is 5.00. The molecular formula is C23H25N5. The van der Waals surface area contributed by atoms with Crippen LogP contribution in [0.4, 0.5) is 11.6 Å². The maximum atomic E-state index is 5.31. The highest BCUT2D eigenvalue weighted by Gasteiger charge is 2.24. The van der Waals surface area contributed by atoms with E-state index in [0.717, 1.165) is 48.8 Å². The van der Waals surface area contributed by atoms with E-state index >= 15 is 0 Å². The molecule has 4 heterocycles. The van der Waals surface area contributed by atoms with E-state index in [0.29, 0.717) is 0 Å². The van der Waals surface area contributed by atoms with Gasteiger partial charge in [0.2, 0.25) is 0 Å². The van der Waals surface area contributed by atoms with Gasteiger partial charge in [0.25, 0.3) is 0 Å². The van der Waals surface area contributed by atoms with Crippen LogP contribution < -0.4 is 9.80 Å². The Kier molecular flexibility index (Phi) is 3.74. The van der Waals surface area contributed by atoms with Gasteiger partial charge in [-0.3, -0.25) is 0 Å². The van der Waals surface area contributed by atoms with Crippen LogP contribution in [0, 0.1) is 0 Å². The molecule has 6 rings (SSSR count). The van der Waals surface area contributed by atoms with Gasteiger partial charge in [-0.25, -0.2) is 15.0 Å². The van der Waals surface area contributed by atoms with Gasteiger partial charge in [-0.1, -0.05) is 0 Å². The zero-order valence-electron chi connectivity index (χ0n) is 16.2. The van der Waals surface area contributed by atoms with Crippen LogP contribution >= 0.6 is 0 Å². The van der Waals surface area contributed by atoms with Crippen molar-refractivity contribution in [2.24, 2.45) is 0 Å². The van der Waals surface area contributed by atoms with Crippen molar-refractivity contribution in [2.45, 2.75) is 38.5 Å². The van der Waals surface area contributed by atoms with Crippen LogP contribution in [0.1, 0.15) is 38.5 Å². The average Bonchev–Trinajstić information content (AvgIpc) is 2.78. The molecule has 2 aliphatic heterocycles. The largest absolute Gasteiger partial charge is 0.356 e. The predicted molar refractivity (Wildman–Crippen MR) is 116 cm³/mol. The Morgan fingerprint density at radius 2 is 1.07 bits per heavy atom. The van der Waals surface area contributed by atoms with Crippen molar-refractivity contribution in [3.63, 3.8) is 0 Å². The topological polar surface area (TPSA) is 45.2 Å². The third kappa shape index (κ3) is 2.42. The van der Waals surface area contributed by atoms with Crippen LogP contribution in [0.15, 0.2) is 30.6 Å². The monoisotopic (exact) mass is 371 g/mol.